The van der Waals surface area contributed by atoms with E-state index in [1.54, 1.807) is 42.5 Å². The first kappa shape index (κ1) is 22.4. The molecule has 162 valence electrons. The summed E-state index contributed by atoms with van der Waals surface area (Å²) in [7, 11) is 1.28. The van der Waals surface area contributed by atoms with Crippen LogP contribution in [0.5, 0.6) is 0 Å². The van der Waals surface area contributed by atoms with Gasteiger partial charge in [0.1, 0.15) is 0 Å². The third kappa shape index (κ3) is 6.11. The van der Waals surface area contributed by atoms with Crippen LogP contribution in [0.3, 0.4) is 0 Å². The van der Waals surface area contributed by atoms with Crippen molar-refractivity contribution in [2.45, 2.75) is 25.7 Å². The summed E-state index contributed by atoms with van der Waals surface area (Å²) in [5, 5.41) is 5.61. The third-order valence-electron chi connectivity index (χ3n) is 5.03. The van der Waals surface area contributed by atoms with E-state index >= 15 is 0 Å². The van der Waals surface area contributed by atoms with E-state index in [-0.39, 0.29) is 22.1 Å². The van der Waals surface area contributed by atoms with E-state index in [0.717, 1.165) is 38.8 Å². The molecule has 7 nitrogen and oxygen atoms in total. The standard InChI is InChI=1S/C23H25N3O4S/c1-30-22(29)18-10-6-8-16(14-18)20(27)25-23(31)24-19-11-7-9-17(15-19)21(28)26-12-4-2-3-5-13-26/h6-11,14-15H,2-5,12-13H2,1H3,(H2,24,25,27,31). The maximum atomic E-state index is 12.8. The van der Waals surface area contributed by atoms with E-state index in [2.05, 4.69) is 15.4 Å². The maximum absolute atomic E-state index is 12.8. The molecule has 0 bridgehead atoms. The van der Waals surface area contributed by atoms with Gasteiger partial charge in [0.2, 0.25) is 0 Å². The van der Waals surface area contributed by atoms with E-state index < -0.39 is 11.9 Å². The molecule has 0 saturated carbocycles. The van der Waals surface area contributed by atoms with Crippen molar-refractivity contribution in [3.63, 3.8) is 0 Å². The van der Waals surface area contributed by atoms with Crippen LogP contribution in [-0.2, 0) is 4.74 Å². The number of amides is 2. The van der Waals surface area contributed by atoms with Gasteiger partial charge in [0.05, 0.1) is 12.7 Å². The Kier molecular flexibility index (Phi) is 7.72. The summed E-state index contributed by atoms with van der Waals surface area (Å²) >= 11 is 5.24. The highest BCUT2D eigenvalue weighted by Gasteiger charge is 2.18. The van der Waals surface area contributed by atoms with Gasteiger partial charge in [0, 0.05) is 29.9 Å². The maximum Gasteiger partial charge on any atom is 0.337 e. The SMILES string of the molecule is COC(=O)c1cccc(C(=O)NC(=S)Nc2cccc(C(=O)N3CCCCCC3)c2)c1. The number of hydrogen-bond donors (Lipinski definition) is 2. The summed E-state index contributed by atoms with van der Waals surface area (Å²) in [5.41, 5.74) is 1.73. The number of esters is 1. The Morgan fingerprint density at radius 2 is 1.55 bits per heavy atom. The largest absolute Gasteiger partial charge is 0.465 e. The molecule has 2 amide bonds. The second-order valence-electron chi connectivity index (χ2n) is 7.27. The van der Waals surface area contributed by atoms with Gasteiger partial charge in [-0.2, -0.15) is 0 Å². The van der Waals surface area contributed by atoms with Crippen LogP contribution in [0, 0.1) is 0 Å². The predicted octanol–water partition coefficient (Wildman–Crippen LogP) is 3.62. The van der Waals surface area contributed by atoms with Crippen LogP contribution in [0.4, 0.5) is 5.69 Å². The van der Waals surface area contributed by atoms with Crippen molar-refractivity contribution in [3.8, 4) is 0 Å². The van der Waals surface area contributed by atoms with Gasteiger partial charge in [-0.1, -0.05) is 25.0 Å². The lowest BCUT2D eigenvalue weighted by Crippen LogP contribution is -2.34. The number of carbonyl (C=O) groups is 3. The molecule has 2 aromatic rings. The smallest absolute Gasteiger partial charge is 0.337 e. The number of thiocarbonyl (C=S) groups is 1. The first-order valence-corrected chi connectivity index (χ1v) is 10.6. The average molecular weight is 440 g/mol. The molecule has 0 aromatic heterocycles. The highest BCUT2D eigenvalue weighted by atomic mass is 32.1. The minimum atomic E-state index is -0.527. The van der Waals surface area contributed by atoms with E-state index in [4.69, 9.17) is 12.2 Å². The number of methoxy groups -OCH3 is 1. The van der Waals surface area contributed by atoms with E-state index in [1.807, 2.05) is 4.90 Å². The Morgan fingerprint density at radius 3 is 2.26 bits per heavy atom. The molecule has 1 aliphatic rings. The highest BCUT2D eigenvalue weighted by molar-refractivity contribution is 7.80. The van der Waals surface area contributed by atoms with Gasteiger partial charge in [-0.05, 0) is 61.5 Å². The summed E-state index contributed by atoms with van der Waals surface area (Å²) < 4.78 is 4.67. The molecule has 1 saturated heterocycles. The quantitative estimate of drug-likeness (QED) is 0.559. The van der Waals surface area contributed by atoms with Crippen molar-refractivity contribution in [2.75, 3.05) is 25.5 Å². The molecule has 1 fully saturated rings. The van der Waals surface area contributed by atoms with Gasteiger partial charge >= 0.3 is 5.97 Å². The van der Waals surface area contributed by atoms with Gasteiger partial charge in [-0.25, -0.2) is 4.79 Å². The number of anilines is 1. The molecule has 0 spiro atoms. The number of likely N-dealkylation sites (tertiary alicyclic amines) is 1. The number of nitrogens with zero attached hydrogens (tertiary/aromatic N) is 1. The van der Waals surface area contributed by atoms with Crippen LogP contribution < -0.4 is 10.6 Å². The summed E-state index contributed by atoms with van der Waals surface area (Å²) in [5.74, 6) is -0.985. The fourth-order valence-corrected chi connectivity index (χ4v) is 3.64. The molecule has 0 radical (unpaired) electrons. The first-order chi connectivity index (χ1) is 15.0. The van der Waals surface area contributed by atoms with Crippen molar-refractivity contribution < 1.29 is 19.1 Å². The lowest BCUT2D eigenvalue weighted by Gasteiger charge is -2.20. The van der Waals surface area contributed by atoms with Crippen LogP contribution in [0.2, 0.25) is 0 Å². The van der Waals surface area contributed by atoms with Crippen molar-refractivity contribution in [1.29, 1.82) is 0 Å². The molecule has 0 aliphatic carbocycles. The van der Waals surface area contributed by atoms with Crippen LogP contribution in [0.1, 0.15) is 56.8 Å². The van der Waals surface area contributed by atoms with Gasteiger partial charge in [-0.15, -0.1) is 0 Å². The van der Waals surface area contributed by atoms with Gasteiger partial charge in [0.15, 0.2) is 5.11 Å². The Labute approximate surface area is 186 Å². The van der Waals surface area contributed by atoms with E-state index in [1.165, 1.54) is 13.2 Å². The minimum Gasteiger partial charge on any atom is -0.465 e. The third-order valence-corrected chi connectivity index (χ3v) is 5.24. The van der Waals surface area contributed by atoms with Crippen LogP contribution in [-0.4, -0.2) is 48.0 Å². The number of carbonyl (C=O) groups excluding carboxylic acids is 3. The van der Waals surface area contributed by atoms with Crippen molar-refractivity contribution in [2.24, 2.45) is 0 Å². The summed E-state index contributed by atoms with van der Waals surface area (Å²) in [6, 6.07) is 13.2. The summed E-state index contributed by atoms with van der Waals surface area (Å²) in [4.78, 5) is 38.8. The zero-order valence-electron chi connectivity index (χ0n) is 17.3. The Balaban J connectivity index is 1.63. The molecule has 0 unspecified atom stereocenters. The first-order valence-electron chi connectivity index (χ1n) is 10.2. The second kappa shape index (κ2) is 10.7. The number of nitrogens with one attached hydrogen (secondary N) is 2. The fourth-order valence-electron chi connectivity index (χ4n) is 3.43. The molecule has 31 heavy (non-hydrogen) atoms. The summed E-state index contributed by atoms with van der Waals surface area (Å²) in [6.07, 6.45) is 4.36. The van der Waals surface area contributed by atoms with Gasteiger partial charge < -0.3 is 15.0 Å². The number of benzene rings is 2. The lowest BCUT2D eigenvalue weighted by atomic mass is 10.1. The molecule has 2 aromatic carbocycles. The normalized spacial score (nSPS) is 13.6. The molecule has 0 atom stereocenters. The number of hydrogen-bond acceptors (Lipinski definition) is 5. The average Bonchev–Trinajstić information content (AvgIpc) is 3.07. The van der Waals surface area contributed by atoms with E-state index in [9.17, 15) is 14.4 Å². The monoisotopic (exact) mass is 439 g/mol. The zero-order valence-corrected chi connectivity index (χ0v) is 18.2. The Bertz CT molecular complexity index is 984. The summed E-state index contributed by atoms with van der Waals surface area (Å²) in [6.45, 7) is 1.55. The highest BCUT2D eigenvalue weighted by Crippen LogP contribution is 2.16. The number of ether oxygens (including phenoxy) is 1. The zero-order chi connectivity index (χ0) is 22.2. The van der Waals surface area contributed by atoms with Crippen LogP contribution in [0.15, 0.2) is 48.5 Å². The minimum absolute atomic E-state index is 0.000120. The molecule has 8 heteroatoms. The van der Waals surface area contributed by atoms with Crippen molar-refractivity contribution in [3.05, 3.63) is 65.2 Å². The Hall–Kier alpha value is -3.26. The topological polar surface area (TPSA) is 87.7 Å². The van der Waals surface area contributed by atoms with E-state index in [0.29, 0.717) is 11.3 Å². The van der Waals surface area contributed by atoms with Gasteiger partial charge in [0.25, 0.3) is 11.8 Å². The van der Waals surface area contributed by atoms with Crippen LogP contribution in [0.25, 0.3) is 0 Å². The van der Waals surface area contributed by atoms with Crippen molar-refractivity contribution in [1.82, 2.24) is 10.2 Å². The molecule has 1 aliphatic heterocycles. The fraction of sp³-hybridized carbons (Fsp3) is 0.304. The molecule has 1 heterocycles. The second-order valence-corrected chi connectivity index (χ2v) is 7.68. The molecule has 2 N–H and O–H groups in total. The molecule has 3 rings (SSSR count). The molecular weight excluding hydrogens is 414 g/mol. The van der Waals surface area contributed by atoms with Crippen LogP contribution >= 0.6 is 12.2 Å². The predicted molar refractivity (Wildman–Crippen MR) is 122 cm³/mol. The Morgan fingerprint density at radius 1 is 0.903 bits per heavy atom. The molecular formula is C23H25N3O4S. The lowest BCUT2D eigenvalue weighted by molar-refractivity contribution is 0.0600. The van der Waals surface area contributed by atoms with Crippen molar-refractivity contribution >= 4 is 40.8 Å². The number of rotatable bonds is 4. The van der Waals surface area contributed by atoms with Gasteiger partial charge in [-0.3, -0.25) is 14.9 Å².